The Labute approximate surface area is 97.3 Å². The molecule has 1 aromatic rings. The third-order valence-electron chi connectivity index (χ3n) is 1.94. The summed E-state index contributed by atoms with van der Waals surface area (Å²) in [6, 6.07) is 7.78. The molecule has 0 aliphatic rings. The van der Waals surface area contributed by atoms with Gasteiger partial charge < -0.3 is 10.8 Å². The van der Waals surface area contributed by atoms with Crippen molar-refractivity contribution in [1.82, 2.24) is 0 Å². The van der Waals surface area contributed by atoms with E-state index in [0.717, 1.165) is 11.1 Å². The molecule has 0 aliphatic heterocycles. The van der Waals surface area contributed by atoms with Crippen molar-refractivity contribution in [3.8, 4) is 0 Å². The Morgan fingerprint density at radius 1 is 1.00 bits per heavy atom. The lowest BCUT2D eigenvalue weighted by Gasteiger charge is -2.08. The third-order valence-corrected chi connectivity index (χ3v) is 1.94. The molecule has 14 heavy (non-hydrogen) atoms. The zero-order chi connectivity index (χ0) is 9.14. The van der Waals surface area contributed by atoms with Gasteiger partial charge in [-0.25, -0.2) is 0 Å². The zero-order valence-corrected chi connectivity index (χ0v) is 9.94. The Balaban J connectivity index is 0. The van der Waals surface area contributed by atoms with E-state index in [1.54, 1.807) is 6.92 Å². The van der Waals surface area contributed by atoms with Crippen molar-refractivity contribution in [2.45, 2.75) is 26.0 Å². The molecule has 3 N–H and O–H groups in total. The molecule has 0 aliphatic carbocycles. The Kier molecular flexibility index (Phi) is 8.16. The molecule has 2 unspecified atom stereocenters. The van der Waals surface area contributed by atoms with E-state index in [2.05, 4.69) is 0 Å². The van der Waals surface area contributed by atoms with E-state index in [4.69, 9.17) is 5.73 Å². The minimum Gasteiger partial charge on any atom is -0.389 e. The van der Waals surface area contributed by atoms with Crippen molar-refractivity contribution in [3.05, 3.63) is 35.4 Å². The van der Waals surface area contributed by atoms with Crippen LogP contribution in [0.3, 0.4) is 0 Å². The van der Waals surface area contributed by atoms with Crippen LogP contribution in [-0.2, 0) is 0 Å². The number of hydrogen-bond donors (Lipinski definition) is 2. The minimum atomic E-state index is -0.396. The smallest absolute Gasteiger partial charge is 0.0761 e. The Morgan fingerprint density at radius 3 is 1.64 bits per heavy atom. The fourth-order valence-corrected chi connectivity index (χ4v) is 1.08. The van der Waals surface area contributed by atoms with Crippen molar-refractivity contribution in [2.75, 3.05) is 0 Å². The van der Waals surface area contributed by atoms with Gasteiger partial charge in [0.2, 0.25) is 0 Å². The molecule has 2 nitrogen and oxygen atoms in total. The lowest BCUT2D eigenvalue weighted by Crippen LogP contribution is -2.04. The highest BCUT2D eigenvalue weighted by Gasteiger charge is 2.01. The maximum Gasteiger partial charge on any atom is 0.0761 e. The van der Waals surface area contributed by atoms with Crippen molar-refractivity contribution in [3.63, 3.8) is 0 Å². The highest BCUT2D eigenvalue weighted by Crippen LogP contribution is 2.15. The second kappa shape index (κ2) is 7.07. The van der Waals surface area contributed by atoms with Crippen molar-refractivity contribution in [1.29, 1.82) is 0 Å². The van der Waals surface area contributed by atoms with Crippen molar-refractivity contribution in [2.24, 2.45) is 5.73 Å². The van der Waals surface area contributed by atoms with Crippen LogP contribution in [0.5, 0.6) is 0 Å². The van der Waals surface area contributed by atoms with E-state index in [-0.39, 0.29) is 30.9 Å². The van der Waals surface area contributed by atoms with Crippen LogP contribution < -0.4 is 5.73 Å². The van der Waals surface area contributed by atoms with E-state index in [1.165, 1.54) is 0 Å². The van der Waals surface area contributed by atoms with Crippen LogP contribution in [-0.4, -0.2) is 5.11 Å². The second-order valence-corrected chi connectivity index (χ2v) is 3.13. The summed E-state index contributed by atoms with van der Waals surface area (Å²) in [4.78, 5) is 0. The molecule has 1 aromatic carbocycles. The van der Waals surface area contributed by atoms with Crippen LogP contribution in [0.25, 0.3) is 0 Å². The lowest BCUT2D eigenvalue weighted by atomic mass is 10.0. The van der Waals surface area contributed by atoms with Gasteiger partial charge in [-0.2, -0.15) is 0 Å². The van der Waals surface area contributed by atoms with Crippen LogP contribution in [0.2, 0.25) is 0 Å². The van der Waals surface area contributed by atoms with Gasteiger partial charge in [-0.15, -0.1) is 24.8 Å². The molecule has 0 fully saturated rings. The van der Waals surface area contributed by atoms with Gasteiger partial charge in [0.1, 0.15) is 0 Å². The molecule has 0 saturated carbocycles. The average molecular weight is 238 g/mol. The molecule has 0 amide bonds. The number of rotatable bonds is 2. The molecule has 0 saturated heterocycles. The maximum atomic E-state index is 9.22. The molecular formula is C10H17Cl2NO. The fourth-order valence-electron chi connectivity index (χ4n) is 1.08. The summed E-state index contributed by atoms with van der Waals surface area (Å²) in [6.45, 7) is 3.69. The summed E-state index contributed by atoms with van der Waals surface area (Å²) in [5.41, 5.74) is 7.70. The fraction of sp³-hybridized carbons (Fsp3) is 0.400. The quantitative estimate of drug-likeness (QED) is 0.831. The number of hydrogen-bond acceptors (Lipinski definition) is 2. The molecular weight excluding hydrogens is 221 g/mol. The predicted octanol–water partition coefficient (Wildman–Crippen LogP) is 2.60. The first-order chi connectivity index (χ1) is 5.61. The van der Waals surface area contributed by atoms with Crippen molar-refractivity contribution < 1.29 is 5.11 Å². The van der Waals surface area contributed by atoms with E-state index in [9.17, 15) is 5.11 Å². The summed E-state index contributed by atoms with van der Waals surface area (Å²) in [5.74, 6) is 0. The van der Waals surface area contributed by atoms with Gasteiger partial charge >= 0.3 is 0 Å². The average Bonchev–Trinajstić information content (AvgIpc) is 2.04. The van der Waals surface area contributed by atoms with Gasteiger partial charge in [0.05, 0.1) is 6.10 Å². The number of aliphatic hydroxyl groups is 1. The number of nitrogens with two attached hydrogens (primary N) is 1. The molecule has 0 spiro atoms. The monoisotopic (exact) mass is 237 g/mol. The molecule has 4 heteroatoms. The topological polar surface area (TPSA) is 46.2 Å². The summed E-state index contributed by atoms with van der Waals surface area (Å²) in [5, 5.41) is 9.22. The number of benzene rings is 1. The van der Waals surface area contributed by atoms with E-state index in [0.29, 0.717) is 0 Å². The molecule has 1 rings (SSSR count). The van der Waals surface area contributed by atoms with Gasteiger partial charge in [-0.05, 0) is 25.0 Å². The van der Waals surface area contributed by atoms with Crippen molar-refractivity contribution >= 4 is 24.8 Å². The molecule has 0 radical (unpaired) electrons. The molecule has 0 bridgehead atoms. The third kappa shape index (κ3) is 4.29. The standard InChI is InChI=1S/C10H15NO.2ClH/c1-7(11)9-3-5-10(6-4-9)8(2)12;;/h3-8,12H,11H2,1-2H3;2*1H. The van der Waals surface area contributed by atoms with Crippen LogP contribution in [0.4, 0.5) is 0 Å². The summed E-state index contributed by atoms with van der Waals surface area (Å²) in [7, 11) is 0. The maximum absolute atomic E-state index is 9.22. The molecule has 2 atom stereocenters. The van der Waals surface area contributed by atoms with Crippen LogP contribution >= 0.6 is 24.8 Å². The van der Waals surface area contributed by atoms with Crippen LogP contribution in [0.1, 0.15) is 37.1 Å². The van der Waals surface area contributed by atoms with Gasteiger partial charge in [-0.3, -0.25) is 0 Å². The van der Waals surface area contributed by atoms with Gasteiger partial charge in [0.25, 0.3) is 0 Å². The van der Waals surface area contributed by atoms with E-state index >= 15 is 0 Å². The largest absolute Gasteiger partial charge is 0.389 e. The van der Waals surface area contributed by atoms with E-state index in [1.807, 2.05) is 31.2 Å². The van der Waals surface area contributed by atoms with Gasteiger partial charge in [-0.1, -0.05) is 24.3 Å². The SMILES string of the molecule is CC(N)c1ccc(C(C)O)cc1.Cl.Cl. The highest BCUT2D eigenvalue weighted by atomic mass is 35.5. The number of halogens is 2. The normalized spacial score (nSPS) is 13.4. The second-order valence-electron chi connectivity index (χ2n) is 3.13. The van der Waals surface area contributed by atoms with Gasteiger partial charge in [0, 0.05) is 6.04 Å². The highest BCUT2D eigenvalue weighted by molar-refractivity contribution is 5.85. The van der Waals surface area contributed by atoms with Crippen LogP contribution in [0, 0.1) is 0 Å². The first-order valence-electron chi connectivity index (χ1n) is 4.14. The summed E-state index contributed by atoms with van der Waals surface area (Å²) in [6.07, 6.45) is -0.396. The number of aliphatic hydroxyl groups excluding tert-OH is 1. The zero-order valence-electron chi connectivity index (χ0n) is 8.31. The van der Waals surface area contributed by atoms with Crippen LogP contribution in [0.15, 0.2) is 24.3 Å². The molecule has 82 valence electrons. The Bertz CT molecular complexity index is 220. The van der Waals surface area contributed by atoms with E-state index < -0.39 is 6.10 Å². The first kappa shape index (κ1) is 16.2. The molecule has 0 aromatic heterocycles. The first-order valence-corrected chi connectivity index (χ1v) is 4.14. The summed E-state index contributed by atoms with van der Waals surface area (Å²) >= 11 is 0. The Hall–Kier alpha value is -0.280. The molecule has 0 heterocycles. The summed E-state index contributed by atoms with van der Waals surface area (Å²) < 4.78 is 0. The minimum absolute atomic E-state index is 0. The lowest BCUT2D eigenvalue weighted by molar-refractivity contribution is 0.199. The predicted molar refractivity (Wildman–Crippen MR) is 64.2 cm³/mol. The van der Waals surface area contributed by atoms with Gasteiger partial charge in [0.15, 0.2) is 0 Å². The Morgan fingerprint density at radius 2 is 1.36 bits per heavy atom.